The van der Waals surface area contributed by atoms with Crippen LogP contribution in [0.4, 0.5) is 5.95 Å². The zero-order valence-corrected chi connectivity index (χ0v) is 15.9. The molecule has 132 valence electrons. The maximum Gasteiger partial charge on any atom is 0.233 e. The molecule has 0 atom stereocenters. The summed E-state index contributed by atoms with van der Waals surface area (Å²) in [4.78, 5) is 16.7. The Labute approximate surface area is 149 Å². The van der Waals surface area contributed by atoms with E-state index in [0.29, 0.717) is 17.1 Å². The van der Waals surface area contributed by atoms with Gasteiger partial charge in [0.1, 0.15) is 0 Å². The van der Waals surface area contributed by atoms with Crippen molar-refractivity contribution in [3.63, 3.8) is 0 Å². The summed E-state index contributed by atoms with van der Waals surface area (Å²) in [7, 11) is 0. The molecular weight excluding hydrogens is 318 g/mol. The molecule has 2 aromatic rings. The van der Waals surface area contributed by atoms with E-state index in [1.54, 1.807) is 4.57 Å². The number of fused-ring (bicyclic) bond motifs is 1. The van der Waals surface area contributed by atoms with Gasteiger partial charge in [-0.25, -0.2) is 9.55 Å². The highest BCUT2D eigenvalue weighted by Crippen LogP contribution is 2.32. The first kappa shape index (κ1) is 18.8. The highest BCUT2D eigenvalue weighted by Gasteiger charge is 2.19. The fourth-order valence-electron chi connectivity index (χ4n) is 2.75. The quantitative estimate of drug-likeness (QED) is 0.639. The molecule has 0 radical (unpaired) electrons. The number of anilines is 1. The number of hydrogen-bond acceptors (Lipinski definition) is 4. The van der Waals surface area contributed by atoms with Crippen LogP contribution in [0.25, 0.3) is 11.0 Å². The molecule has 0 saturated carbocycles. The van der Waals surface area contributed by atoms with Crippen molar-refractivity contribution in [2.75, 3.05) is 11.5 Å². The van der Waals surface area contributed by atoms with Crippen molar-refractivity contribution in [3.05, 3.63) is 24.3 Å². The topological polar surface area (TPSA) is 60.9 Å². The van der Waals surface area contributed by atoms with Crippen molar-refractivity contribution in [3.8, 4) is 0 Å². The monoisotopic (exact) mass is 347 g/mol. The van der Waals surface area contributed by atoms with Gasteiger partial charge in [-0.3, -0.25) is 4.79 Å². The molecule has 1 aromatic carbocycles. The number of aromatic nitrogens is 2. The number of rotatable bonds is 9. The average molecular weight is 348 g/mol. The Balaban J connectivity index is 1.78. The van der Waals surface area contributed by atoms with Gasteiger partial charge in [0.05, 0.1) is 11.0 Å². The highest BCUT2D eigenvalue weighted by molar-refractivity contribution is 8.00. The second-order valence-corrected chi connectivity index (χ2v) is 8.19. The van der Waals surface area contributed by atoms with Crippen molar-refractivity contribution in [1.29, 1.82) is 0 Å². The number of thioether (sulfide) groups is 1. The minimum absolute atomic E-state index is 0.0424. The highest BCUT2D eigenvalue weighted by atomic mass is 32.2. The van der Waals surface area contributed by atoms with Crippen LogP contribution >= 0.6 is 11.8 Å². The number of nitrogens with zero attached hydrogens (tertiary/aromatic N) is 2. The van der Waals surface area contributed by atoms with E-state index in [2.05, 4.69) is 37.5 Å². The Morgan fingerprint density at radius 3 is 2.62 bits per heavy atom. The molecule has 1 aromatic heterocycles. The fourth-order valence-corrected chi connectivity index (χ4v) is 4.00. The number of imidazole rings is 1. The average Bonchev–Trinajstić information content (AvgIpc) is 2.93. The smallest absolute Gasteiger partial charge is 0.233 e. The molecule has 0 amide bonds. The molecule has 5 heteroatoms. The van der Waals surface area contributed by atoms with Crippen molar-refractivity contribution in [2.24, 2.45) is 0 Å². The summed E-state index contributed by atoms with van der Waals surface area (Å²) in [6.07, 6.45) is 6.08. The molecule has 0 aliphatic rings. The van der Waals surface area contributed by atoms with Gasteiger partial charge in [0.15, 0.2) is 0 Å². The summed E-state index contributed by atoms with van der Waals surface area (Å²) in [5, 5.41) is 0. The van der Waals surface area contributed by atoms with Gasteiger partial charge < -0.3 is 5.73 Å². The molecule has 0 spiro atoms. The predicted octanol–water partition coefficient (Wildman–Crippen LogP) is 5.13. The van der Waals surface area contributed by atoms with Gasteiger partial charge in [-0.05, 0) is 43.6 Å². The SMILES string of the molecule is CCC(C)(CC)SCCCCCC(=O)n1c(N)nc2ccccc21. The number of carbonyl (C=O) groups is 1. The van der Waals surface area contributed by atoms with Gasteiger partial charge in [-0.1, -0.05) is 39.3 Å². The van der Waals surface area contributed by atoms with Crippen LogP contribution in [0.15, 0.2) is 24.3 Å². The lowest BCUT2D eigenvalue weighted by atomic mass is 10.1. The van der Waals surface area contributed by atoms with E-state index in [1.165, 1.54) is 18.6 Å². The van der Waals surface area contributed by atoms with Crippen LogP contribution in [0.5, 0.6) is 0 Å². The maximum atomic E-state index is 12.5. The van der Waals surface area contributed by atoms with E-state index < -0.39 is 0 Å². The first-order chi connectivity index (χ1) is 11.5. The summed E-state index contributed by atoms with van der Waals surface area (Å²) in [6.45, 7) is 6.86. The van der Waals surface area contributed by atoms with E-state index in [9.17, 15) is 4.79 Å². The summed E-state index contributed by atoms with van der Waals surface area (Å²) >= 11 is 2.06. The van der Waals surface area contributed by atoms with Gasteiger partial charge in [0.25, 0.3) is 0 Å². The van der Waals surface area contributed by atoms with E-state index in [4.69, 9.17) is 5.73 Å². The van der Waals surface area contributed by atoms with Crippen LogP contribution in [0.3, 0.4) is 0 Å². The third-order valence-corrected chi connectivity index (χ3v) is 6.58. The molecule has 1 heterocycles. The molecule has 0 saturated heterocycles. The second-order valence-electron chi connectivity index (χ2n) is 6.50. The first-order valence-corrected chi connectivity index (χ1v) is 9.89. The van der Waals surface area contributed by atoms with Crippen molar-refractivity contribution < 1.29 is 4.79 Å². The van der Waals surface area contributed by atoms with E-state index in [0.717, 1.165) is 30.3 Å². The molecule has 0 fully saturated rings. The fraction of sp³-hybridized carbons (Fsp3) is 0.579. The summed E-state index contributed by atoms with van der Waals surface area (Å²) in [5.41, 5.74) is 7.49. The molecule has 0 aliphatic carbocycles. The number of nitrogens with two attached hydrogens (primary N) is 1. The normalized spacial score (nSPS) is 12.0. The molecule has 0 unspecified atom stereocenters. The number of hydrogen-bond donors (Lipinski definition) is 1. The lowest BCUT2D eigenvalue weighted by Crippen LogP contribution is -2.17. The summed E-state index contributed by atoms with van der Waals surface area (Å²) in [6, 6.07) is 7.58. The zero-order chi connectivity index (χ0) is 17.6. The molecular formula is C19H29N3OS. The molecule has 2 N–H and O–H groups in total. The number of nitrogen functional groups attached to an aromatic ring is 1. The minimum atomic E-state index is 0.0424. The first-order valence-electron chi connectivity index (χ1n) is 8.91. The molecule has 0 bridgehead atoms. The van der Waals surface area contributed by atoms with Crippen LogP contribution in [0.1, 0.15) is 64.1 Å². The van der Waals surface area contributed by atoms with Crippen LogP contribution < -0.4 is 5.73 Å². The molecule has 4 nitrogen and oxygen atoms in total. The second kappa shape index (κ2) is 8.56. The summed E-state index contributed by atoms with van der Waals surface area (Å²) < 4.78 is 1.95. The van der Waals surface area contributed by atoms with Crippen LogP contribution in [-0.4, -0.2) is 26.0 Å². The molecule has 0 aliphatic heterocycles. The summed E-state index contributed by atoms with van der Waals surface area (Å²) in [5.74, 6) is 1.50. The minimum Gasteiger partial charge on any atom is -0.369 e. The van der Waals surface area contributed by atoms with Crippen LogP contribution in [-0.2, 0) is 0 Å². The number of unbranched alkanes of at least 4 members (excludes halogenated alkanes) is 2. The molecule has 24 heavy (non-hydrogen) atoms. The van der Waals surface area contributed by atoms with Crippen molar-refractivity contribution >= 4 is 34.7 Å². The maximum absolute atomic E-state index is 12.5. The van der Waals surface area contributed by atoms with Crippen molar-refractivity contribution in [1.82, 2.24) is 9.55 Å². The van der Waals surface area contributed by atoms with Gasteiger partial charge in [-0.15, -0.1) is 0 Å². The van der Waals surface area contributed by atoms with Crippen LogP contribution in [0.2, 0.25) is 0 Å². The van der Waals surface area contributed by atoms with Crippen molar-refractivity contribution in [2.45, 2.75) is 64.0 Å². The predicted molar refractivity (Wildman–Crippen MR) is 105 cm³/mol. The van der Waals surface area contributed by atoms with E-state index in [-0.39, 0.29) is 5.91 Å². The Morgan fingerprint density at radius 1 is 1.21 bits per heavy atom. The lowest BCUT2D eigenvalue weighted by Gasteiger charge is -2.25. The Bertz CT molecular complexity index is 676. The third kappa shape index (κ3) is 4.53. The van der Waals surface area contributed by atoms with E-state index >= 15 is 0 Å². The Hall–Kier alpha value is -1.49. The Morgan fingerprint density at radius 2 is 1.92 bits per heavy atom. The lowest BCUT2D eigenvalue weighted by molar-refractivity contribution is 0.0906. The van der Waals surface area contributed by atoms with Crippen LogP contribution in [0, 0.1) is 0 Å². The third-order valence-electron chi connectivity index (χ3n) is 4.82. The standard InChI is InChI=1S/C19H29N3OS/c1-4-19(3,5-2)24-14-10-6-7-13-17(23)22-16-12-9-8-11-15(16)21-18(22)20/h8-9,11-12H,4-7,10,13-14H2,1-3H3,(H2,20,21). The zero-order valence-electron chi connectivity index (χ0n) is 15.0. The molecule has 2 rings (SSSR count). The Kier molecular flexibility index (Phi) is 6.72. The number of para-hydroxylation sites is 2. The van der Waals surface area contributed by atoms with Gasteiger partial charge in [-0.2, -0.15) is 11.8 Å². The number of benzene rings is 1. The largest absolute Gasteiger partial charge is 0.369 e. The van der Waals surface area contributed by atoms with Gasteiger partial charge in [0, 0.05) is 11.2 Å². The number of carbonyl (C=O) groups excluding carboxylic acids is 1. The van der Waals surface area contributed by atoms with Gasteiger partial charge >= 0.3 is 0 Å². The van der Waals surface area contributed by atoms with E-state index in [1.807, 2.05) is 24.3 Å². The van der Waals surface area contributed by atoms with Gasteiger partial charge in [0.2, 0.25) is 11.9 Å².